The summed E-state index contributed by atoms with van der Waals surface area (Å²) in [6, 6.07) is 8.19. The largest absolute Gasteiger partial charge is 0.445 e. The van der Waals surface area contributed by atoms with Crippen LogP contribution in [0.15, 0.2) is 30.3 Å². The summed E-state index contributed by atoms with van der Waals surface area (Å²) in [6.07, 6.45) is -0.431. The highest BCUT2D eigenvalue weighted by Crippen LogP contribution is 2.07. The van der Waals surface area contributed by atoms with Crippen molar-refractivity contribution in [1.29, 1.82) is 0 Å². The summed E-state index contributed by atoms with van der Waals surface area (Å²) < 4.78 is 38.5. The lowest BCUT2D eigenvalue weighted by Gasteiger charge is -2.23. The third-order valence-corrected chi connectivity index (χ3v) is 5.04. The Balaban J connectivity index is 2.29. The molecule has 0 spiro atoms. The summed E-state index contributed by atoms with van der Waals surface area (Å²) in [5.41, 5.74) is 0.110. The second-order valence-corrected chi connectivity index (χ2v) is 10.8. The molecule has 0 unspecified atom stereocenters. The molecule has 0 aliphatic heterocycles. The van der Waals surface area contributed by atoms with Gasteiger partial charge in [0.15, 0.2) is 0 Å². The van der Waals surface area contributed by atoms with E-state index < -0.39 is 39.6 Å². The summed E-state index contributed by atoms with van der Waals surface area (Å²) in [5, 5.41) is 7.54. The summed E-state index contributed by atoms with van der Waals surface area (Å²) in [4.78, 5) is 36.1. The van der Waals surface area contributed by atoms with Crippen LogP contribution < -0.4 is 16.0 Å². The van der Waals surface area contributed by atoms with Crippen LogP contribution >= 0.6 is 0 Å². The smallest absolute Gasteiger partial charge is 0.408 e. The molecule has 1 aromatic carbocycles. The second kappa shape index (κ2) is 14.4. The Morgan fingerprint density at radius 2 is 1.59 bits per heavy atom. The molecular weight excluding hydrogens is 466 g/mol. The number of amides is 3. The predicted octanol–water partition coefficient (Wildman–Crippen LogP) is 1.37. The van der Waals surface area contributed by atoms with Crippen molar-refractivity contribution < 1.29 is 37.0 Å². The van der Waals surface area contributed by atoms with Crippen LogP contribution in [-0.2, 0) is 35.4 Å². The molecule has 12 heteroatoms. The van der Waals surface area contributed by atoms with Crippen molar-refractivity contribution in [2.24, 2.45) is 0 Å². The average molecular weight is 502 g/mol. The van der Waals surface area contributed by atoms with Gasteiger partial charge in [-0.25, -0.2) is 18.0 Å². The van der Waals surface area contributed by atoms with E-state index in [2.05, 4.69) is 16.0 Å². The van der Waals surface area contributed by atoms with Gasteiger partial charge in [-0.05, 0) is 32.8 Å². The molecule has 0 aliphatic carbocycles. The molecule has 0 fully saturated rings. The first-order valence-electron chi connectivity index (χ1n) is 10.8. The van der Waals surface area contributed by atoms with Crippen LogP contribution in [0, 0.1) is 0 Å². The van der Waals surface area contributed by atoms with Gasteiger partial charge in [0.1, 0.15) is 28.1 Å². The van der Waals surface area contributed by atoms with Gasteiger partial charge in [0.25, 0.3) is 0 Å². The van der Waals surface area contributed by atoms with Crippen LogP contribution in [0.1, 0.15) is 32.8 Å². The predicted molar refractivity (Wildman–Crippen MR) is 126 cm³/mol. The van der Waals surface area contributed by atoms with E-state index in [1.165, 1.54) is 0 Å². The van der Waals surface area contributed by atoms with Crippen LogP contribution in [0.2, 0.25) is 0 Å². The Hall–Kier alpha value is -2.86. The van der Waals surface area contributed by atoms with Gasteiger partial charge in [0, 0.05) is 19.3 Å². The fourth-order valence-corrected chi connectivity index (χ4v) is 3.19. The highest BCUT2D eigenvalue weighted by molar-refractivity contribution is 7.90. The van der Waals surface area contributed by atoms with Gasteiger partial charge in [-0.3, -0.25) is 4.79 Å². The van der Waals surface area contributed by atoms with Crippen molar-refractivity contribution in [3.05, 3.63) is 35.9 Å². The molecule has 34 heavy (non-hydrogen) atoms. The zero-order valence-electron chi connectivity index (χ0n) is 20.1. The van der Waals surface area contributed by atoms with Crippen molar-refractivity contribution in [1.82, 2.24) is 16.0 Å². The Bertz CT molecular complexity index is 885. The van der Waals surface area contributed by atoms with Gasteiger partial charge < -0.3 is 30.2 Å². The van der Waals surface area contributed by atoms with Gasteiger partial charge in [-0.2, -0.15) is 0 Å². The van der Waals surface area contributed by atoms with E-state index in [-0.39, 0.29) is 45.1 Å². The molecule has 0 bridgehead atoms. The molecule has 0 aromatic heterocycles. The molecule has 3 N–H and O–H groups in total. The highest BCUT2D eigenvalue weighted by atomic mass is 32.2. The van der Waals surface area contributed by atoms with Crippen molar-refractivity contribution in [3.63, 3.8) is 0 Å². The van der Waals surface area contributed by atoms with Crippen LogP contribution in [0.25, 0.3) is 0 Å². The molecule has 3 amide bonds. The lowest BCUT2D eigenvalue weighted by molar-refractivity contribution is -0.123. The SMILES string of the molecule is CC(C)(C)OC(=O)N[C@@H](CCS(C)(=O)=O)C(=O)NCCOCCNC(=O)OCc1ccccc1. The standard InChI is InChI=1S/C22H35N3O8S/c1-22(2,3)33-21(28)25-18(10-15-34(4,29)30)19(26)23-11-13-31-14-12-24-20(27)32-16-17-8-6-5-7-9-17/h5-9,18H,10-16H2,1-4H3,(H,23,26)(H,24,27)(H,25,28)/t18-/m0/s1. The maximum Gasteiger partial charge on any atom is 0.408 e. The highest BCUT2D eigenvalue weighted by Gasteiger charge is 2.25. The molecule has 0 aliphatic rings. The zero-order valence-corrected chi connectivity index (χ0v) is 20.9. The lowest BCUT2D eigenvalue weighted by atomic mass is 10.2. The van der Waals surface area contributed by atoms with Crippen LogP contribution in [0.4, 0.5) is 9.59 Å². The van der Waals surface area contributed by atoms with Gasteiger partial charge in [0.2, 0.25) is 5.91 Å². The van der Waals surface area contributed by atoms with Crippen molar-refractivity contribution in [3.8, 4) is 0 Å². The molecule has 0 heterocycles. The number of alkyl carbamates (subject to hydrolysis) is 2. The topological polar surface area (TPSA) is 149 Å². The first-order valence-corrected chi connectivity index (χ1v) is 12.9. The normalized spacial score (nSPS) is 12.4. The number of carbonyl (C=O) groups excluding carboxylic acids is 3. The third-order valence-electron chi connectivity index (χ3n) is 4.06. The van der Waals surface area contributed by atoms with Gasteiger partial charge in [-0.1, -0.05) is 30.3 Å². The minimum Gasteiger partial charge on any atom is -0.445 e. The molecule has 1 atom stereocenters. The van der Waals surface area contributed by atoms with Gasteiger partial charge in [-0.15, -0.1) is 0 Å². The number of hydrogen-bond donors (Lipinski definition) is 3. The quantitative estimate of drug-likeness (QED) is 0.343. The number of benzene rings is 1. The Kier molecular flexibility index (Phi) is 12.4. The fraction of sp³-hybridized carbons (Fsp3) is 0.591. The van der Waals surface area contributed by atoms with E-state index >= 15 is 0 Å². The second-order valence-electron chi connectivity index (χ2n) is 8.51. The summed E-state index contributed by atoms with van der Waals surface area (Å²) in [6.45, 7) is 5.88. The number of sulfone groups is 1. The first-order chi connectivity index (χ1) is 15.9. The van der Waals surface area contributed by atoms with E-state index in [1.807, 2.05) is 30.3 Å². The monoisotopic (exact) mass is 501 g/mol. The van der Waals surface area contributed by atoms with E-state index in [4.69, 9.17) is 14.2 Å². The molecule has 0 radical (unpaired) electrons. The number of hydrogen-bond acceptors (Lipinski definition) is 8. The van der Waals surface area contributed by atoms with Crippen molar-refractivity contribution >= 4 is 27.9 Å². The molecule has 1 rings (SSSR count). The third kappa shape index (κ3) is 15.1. The Morgan fingerprint density at radius 1 is 0.971 bits per heavy atom. The lowest BCUT2D eigenvalue weighted by Crippen LogP contribution is -2.49. The van der Waals surface area contributed by atoms with Crippen LogP contribution in [0.3, 0.4) is 0 Å². The first kappa shape index (κ1) is 29.2. The number of nitrogens with one attached hydrogen (secondary N) is 3. The summed E-state index contributed by atoms with van der Waals surface area (Å²) in [5.74, 6) is -0.829. The van der Waals surface area contributed by atoms with E-state index in [1.54, 1.807) is 20.8 Å². The van der Waals surface area contributed by atoms with Crippen LogP contribution in [-0.4, -0.2) is 76.5 Å². The maximum absolute atomic E-state index is 12.4. The molecule has 1 aromatic rings. The van der Waals surface area contributed by atoms with E-state index in [0.29, 0.717) is 0 Å². The fourth-order valence-electron chi connectivity index (χ4n) is 2.52. The van der Waals surface area contributed by atoms with Crippen molar-refractivity contribution in [2.75, 3.05) is 38.3 Å². The minimum atomic E-state index is -3.33. The van der Waals surface area contributed by atoms with E-state index in [0.717, 1.165) is 11.8 Å². The summed E-state index contributed by atoms with van der Waals surface area (Å²) >= 11 is 0. The van der Waals surface area contributed by atoms with Crippen LogP contribution in [0.5, 0.6) is 0 Å². The van der Waals surface area contributed by atoms with Gasteiger partial charge >= 0.3 is 12.2 Å². The van der Waals surface area contributed by atoms with Gasteiger partial charge in [0.05, 0.1) is 19.0 Å². The number of rotatable bonds is 13. The maximum atomic E-state index is 12.4. The van der Waals surface area contributed by atoms with Crippen molar-refractivity contribution in [2.45, 2.75) is 45.4 Å². The zero-order chi connectivity index (χ0) is 25.6. The molecule has 192 valence electrons. The molecular formula is C22H35N3O8S. The summed E-state index contributed by atoms with van der Waals surface area (Å²) in [7, 11) is -3.33. The average Bonchev–Trinajstić information content (AvgIpc) is 2.73. The van der Waals surface area contributed by atoms with E-state index in [9.17, 15) is 22.8 Å². The number of ether oxygens (including phenoxy) is 3. The minimum absolute atomic E-state index is 0.0974. The Labute approximate surface area is 200 Å². The Morgan fingerprint density at radius 3 is 2.18 bits per heavy atom. The number of carbonyl (C=O) groups is 3. The molecule has 0 saturated carbocycles. The molecule has 11 nitrogen and oxygen atoms in total. The molecule has 0 saturated heterocycles.